The molecule has 0 saturated heterocycles. The maximum Gasteiger partial charge on any atom is 0.180 e. The smallest absolute Gasteiger partial charge is 0.180 e. The molecule has 0 saturated carbocycles. The number of methoxy groups -OCH3 is 2. The van der Waals surface area contributed by atoms with Crippen LogP contribution in [0.25, 0.3) is 0 Å². The molecule has 14 heavy (non-hydrogen) atoms. The van der Waals surface area contributed by atoms with Crippen molar-refractivity contribution in [1.82, 2.24) is 4.98 Å². The van der Waals surface area contributed by atoms with E-state index in [-0.39, 0.29) is 12.1 Å². The van der Waals surface area contributed by atoms with Gasteiger partial charge in [-0.25, -0.2) is 0 Å². The second-order valence-corrected chi connectivity index (χ2v) is 5.46. The van der Waals surface area contributed by atoms with Gasteiger partial charge in [0, 0.05) is 14.2 Å². The monoisotopic (exact) mass is 216 g/mol. The van der Waals surface area contributed by atoms with Crippen molar-refractivity contribution in [2.75, 3.05) is 14.2 Å². The third-order valence-corrected chi connectivity index (χ3v) is 4.73. The van der Waals surface area contributed by atoms with Crippen LogP contribution in [0.4, 0.5) is 0 Å². The summed E-state index contributed by atoms with van der Waals surface area (Å²) in [7, 11) is 1.81. The fourth-order valence-corrected chi connectivity index (χ4v) is 3.34. The normalized spacial score (nSPS) is 15.1. The van der Waals surface area contributed by atoms with Crippen molar-refractivity contribution in [2.45, 2.75) is 18.1 Å². The van der Waals surface area contributed by atoms with E-state index in [0.29, 0.717) is 0 Å². The van der Waals surface area contributed by atoms with E-state index in [4.69, 9.17) is 15.2 Å². The van der Waals surface area contributed by atoms with Crippen molar-refractivity contribution < 1.29 is 9.47 Å². The molecular weight excluding hydrogens is 196 g/mol. The highest BCUT2D eigenvalue weighted by Crippen LogP contribution is 2.02. The van der Waals surface area contributed by atoms with Crippen LogP contribution in [0.5, 0.6) is 0 Å². The van der Waals surface area contributed by atoms with E-state index in [1.165, 1.54) is 0 Å². The molecule has 5 heteroatoms. The van der Waals surface area contributed by atoms with Crippen LogP contribution in [-0.2, 0) is 9.47 Å². The fourth-order valence-electron chi connectivity index (χ4n) is 1.18. The molecule has 0 rings (SSSR count). The van der Waals surface area contributed by atoms with E-state index >= 15 is 0 Å². The zero-order valence-corrected chi connectivity index (χ0v) is 10.1. The summed E-state index contributed by atoms with van der Waals surface area (Å²) >= 11 is 0. The topological polar surface area (TPSA) is 56.5 Å². The lowest BCUT2D eigenvalue weighted by Gasteiger charge is -2.25. The molecule has 3 N–H and O–H groups in total. The van der Waals surface area contributed by atoms with Crippen molar-refractivity contribution in [1.29, 1.82) is 0 Å². The first-order valence-electron chi connectivity index (χ1n) is 4.50. The quantitative estimate of drug-likeness (QED) is 0.344. The third-order valence-electron chi connectivity index (χ3n) is 1.87. The lowest BCUT2D eigenvalue weighted by Crippen LogP contribution is -2.53. The average Bonchev–Trinajstić information content (AvgIpc) is 2.19. The van der Waals surface area contributed by atoms with Crippen molar-refractivity contribution in [3.8, 4) is 0 Å². The lowest BCUT2D eigenvalue weighted by molar-refractivity contribution is -0.0485. The molecule has 0 bridgehead atoms. The molecular formula is C9H20N2O2Si. The lowest BCUT2D eigenvalue weighted by atomic mass is 10.5. The van der Waals surface area contributed by atoms with E-state index in [1.807, 2.05) is 6.08 Å². The molecule has 0 aliphatic carbocycles. The van der Waals surface area contributed by atoms with Gasteiger partial charge < -0.3 is 20.2 Å². The number of ether oxygens (including phenoxy) is 2. The predicted molar refractivity (Wildman–Crippen MR) is 61.3 cm³/mol. The van der Waals surface area contributed by atoms with Gasteiger partial charge in [-0.3, -0.25) is 0 Å². The Balaban J connectivity index is 4.24. The van der Waals surface area contributed by atoms with Crippen LogP contribution in [0.1, 0.15) is 0 Å². The van der Waals surface area contributed by atoms with Gasteiger partial charge in [0.05, 0.1) is 6.17 Å². The van der Waals surface area contributed by atoms with E-state index in [9.17, 15) is 0 Å². The van der Waals surface area contributed by atoms with Gasteiger partial charge in [0.1, 0.15) is 0 Å². The van der Waals surface area contributed by atoms with E-state index in [1.54, 1.807) is 20.3 Å². The Bertz CT molecular complexity index is 174. The fraction of sp³-hybridized carbons (Fsp3) is 0.556. The first-order chi connectivity index (χ1) is 6.69. The Hall–Kier alpha value is -0.463. The maximum atomic E-state index is 5.71. The van der Waals surface area contributed by atoms with E-state index < -0.39 is 8.96 Å². The highest BCUT2D eigenvalue weighted by atomic mass is 28.3. The largest absolute Gasteiger partial charge is 0.358 e. The van der Waals surface area contributed by atoms with Crippen LogP contribution in [-0.4, -0.2) is 35.3 Å². The summed E-state index contributed by atoms with van der Waals surface area (Å²) in [5, 5.41) is 0. The van der Waals surface area contributed by atoms with E-state index in [0.717, 1.165) is 6.04 Å². The molecule has 0 aromatic heterocycles. The number of allylic oxidation sites excluding steroid dienone is 1. The molecule has 2 atom stereocenters. The molecule has 82 valence electrons. The predicted octanol–water partition coefficient (Wildman–Crippen LogP) is 0.115. The maximum absolute atomic E-state index is 5.71. The average molecular weight is 216 g/mol. The highest BCUT2D eigenvalue weighted by Gasteiger charge is 2.22. The summed E-state index contributed by atoms with van der Waals surface area (Å²) in [5.41, 5.74) is 5.71. The molecule has 0 fully saturated rings. The van der Waals surface area contributed by atoms with Gasteiger partial charge in [-0.15, -0.1) is 13.2 Å². The van der Waals surface area contributed by atoms with Crippen LogP contribution in [0.2, 0.25) is 6.04 Å². The molecule has 4 nitrogen and oxygen atoms in total. The van der Waals surface area contributed by atoms with Crippen molar-refractivity contribution in [3.63, 3.8) is 0 Å². The first kappa shape index (κ1) is 13.5. The van der Waals surface area contributed by atoms with Gasteiger partial charge >= 0.3 is 0 Å². The van der Waals surface area contributed by atoms with Crippen LogP contribution in [0, 0.1) is 0 Å². The van der Waals surface area contributed by atoms with Gasteiger partial charge in [0.15, 0.2) is 14.9 Å². The van der Waals surface area contributed by atoms with Crippen LogP contribution >= 0.6 is 0 Å². The summed E-state index contributed by atoms with van der Waals surface area (Å²) in [6.07, 6.45) is 3.30. The third kappa shape index (κ3) is 4.68. The zero-order chi connectivity index (χ0) is 11.0. The number of hydrogen-bond acceptors (Lipinski definition) is 4. The minimum Gasteiger partial charge on any atom is -0.358 e. The second kappa shape index (κ2) is 7.90. The Morgan fingerprint density at radius 2 is 2.00 bits per heavy atom. The van der Waals surface area contributed by atoms with Crippen LogP contribution in [0.3, 0.4) is 0 Å². The van der Waals surface area contributed by atoms with Crippen LogP contribution < -0.4 is 10.7 Å². The molecule has 0 aromatic rings. The Labute approximate surface area is 87.5 Å². The molecule has 2 unspecified atom stereocenters. The van der Waals surface area contributed by atoms with Gasteiger partial charge in [-0.05, 0) is 6.04 Å². The molecule has 0 spiro atoms. The second-order valence-electron chi connectivity index (χ2n) is 2.90. The highest BCUT2D eigenvalue weighted by molar-refractivity contribution is 6.57. The molecule has 0 radical (unpaired) electrons. The van der Waals surface area contributed by atoms with Gasteiger partial charge in [0.2, 0.25) is 0 Å². The van der Waals surface area contributed by atoms with Crippen molar-refractivity contribution in [3.05, 3.63) is 25.3 Å². The number of nitrogens with one attached hydrogen (secondary N) is 1. The van der Waals surface area contributed by atoms with Crippen molar-refractivity contribution >= 4 is 8.96 Å². The number of rotatable bonds is 8. The number of nitrogens with two attached hydrogens (primary N) is 1. The molecule has 0 aliphatic heterocycles. The first-order valence-corrected chi connectivity index (χ1v) is 6.56. The summed E-state index contributed by atoms with van der Waals surface area (Å²) < 4.78 is 10.4. The minimum absolute atomic E-state index is 0.195. The minimum atomic E-state index is -1.43. The molecule has 0 aromatic carbocycles. The molecule has 0 heterocycles. The summed E-state index contributed by atoms with van der Waals surface area (Å²) in [6, 6.07) is 0.855. The summed E-state index contributed by atoms with van der Waals surface area (Å²) in [6.45, 7) is 7.31. The molecule has 0 aliphatic rings. The summed E-state index contributed by atoms with van der Waals surface area (Å²) in [4.78, 5) is 3.25. The SMILES string of the molecule is C=CC[SiH](NC(N)C=C)C(OC)OC. The van der Waals surface area contributed by atoms with Gasteiger partial charge in [0.25, 0.3) is 0 Å². The van der Waals surface area contributed by atoms with E-state index in [2.05, 4.69) is 18.1 Å². The number of hydrogen-bond donors (Lipinski definition) is 2. The van der Waals surface area contributed by atoms with Crippen molar-refractivity contribution in [2.24, 2.45) is 5.73 Å². The summed E-state index contributed by atoms with van der Waals surface area (Å²) in [5.74, 6) is -0.195. The Morgan fingerprint density at radius 1 is 1.43 bits per heavy atom. The molecule has 0 amide bonds. The Morgan fingerprint density at radius 3 is 2.36 bits per heavy atom. The van der Waals surface area contributed by atoms with Crippen LogP contribution in [0.15, 0.2) is 25.3 Å². The zero-order valence-electron chi connectivity index (χ0n) is 8.90. The van der Waals surface area contributed by atoms with Gasteiger partial charge in [-0.1, -0.05) is 12.2 Å². The Kier molecular flexibility index (Phi) is 7.64. The standard InChI is InChI=1S/C9H20N2O2Si/c1-5-7-14(9(12-3)13-4)11-8(10)6-2/h5-6,8-9,11,14H,1-2,7,10H2,3-4H3. The van der Waals surface area contributed by atoms with Gasteiger partial charge in [-0.2, -0.15) is 0 Å².